The number of carbonyl (C=O) groups is 1. The van der Waals surface area contributed by atoms with Crippen LogP contribution in [-0.2, 0) is 0 Å². The fourth-order valence-electron chi connectivity index (χ4n) is 2.64. The summed E-state index contributed by atoms with van der Waals surface area (Å²) in [6.07, 6.45) is 3.46. The summed E-state index contributed by atoms with van der Waals surface area (Å²) in [7, 11) is 0. The first-order valence-electron chi connectivity index (χ1n) is 6.33. The Labute approximate surface area is 106 Å². The Balaban J connectivity index is 2.06. The highest BCUT2D eigenvalue weighted by molar-refractivity contribution is 5.94. The quantitative estimate of drug-likeness (QED) is 0.862. The molecule has 2 N–H and O–H groups in total. The average molecular weight is 251 g/mol. The van der Waals surface area contributed by atoms with Gasteiger partial charge in [-0.3, -0.25) is 0 Å². The fourth-order valence-corrected chi connectivity index (χ4v) is 2.64. The topological polar surface area (TPSA) is 49.3 Å². The predicted octanol–water partition coefficient (Wildman–Crippen LogP) is 3.37. The molecule has 2 rings (SSSR count). The van der Waals surface area contributed by atoms with Gasteiger partial charge in [-0.05, 0) is 36.8 Å². The van der Waals surface area contributed by atoms with Crippen molar-refractivity contribution in [2.24, 2.45) is 11.8 Å². The zero-order valence-corrected chi connectivity index (χ0v) is 10.4. The summed E-state index contributed by atoms with van der Waals surface area (Å²) in [6.45, 7) is 2.86. The number of benzene rings is 1. The van der Waals surface area contributed by atoms with E-state index < -0.39 is 11.8 Å². The van der Waals surface area contributed by atoms with Gasteiger partial charge >= 0.3 is 5.97 Å². The minimum atomic E-state index is -1.10. The zero-order chi connectivity index (χ0) is 13.1. The van der Waals surface area contributed by atoms with Crippen molar-refractivity contribution in [2.75, 3.05) is 11.9 Å². The third-order valence-electron chi connectivity index (χ3n) is 3.61. The van der Waals surface area contributed by atoms with E-state index >= 15 is 0 Å². The Morgan fingerprint density at radius 1 is 1.50 bits per heavy atom. The molecule has 3 nitrogen and oxygen atoms in total. The van der Waals surface area contributed by atoms with Gasteiger partial charge in [0.25, 0.3) is 0 Å². The number of hydrogen-bond donors (Lipinski definition) is 2. The SMILES string of the molecule is CC1CCC(CNc2c(F)cccc2C(=O)O)C1. The highest BCUT2D eigenvalue weighted by Crippen LogP contribution is 2.31. The van der Waals surface area contributed by atoms with Crippen molar-refractivity contribution in [1.29, 1.82) is 0 Å². The summed E-state index contributed by atoms with van der Waals surface area (Å²) in [5.41, 5.74) is 0.116. The van der Waals surface area contributed by atoms with Crippen molar-refractivity contribution in [1.82, 2.24) is 0 Å². The van der Waals surface area contributed by atoms with Crippen LogP contribution in [0.4, 0.5) is 10.1 Å². The summed E-state index contributed by atoms with van der Waals surface area (Å²) in [4.78, 5) is 11.0. The van der Waals surface area contributed by atoms with Crippen LogP contribution in [0.3, 0.4) is 0 Å². The molecule has 2 atom stereocenters. The van der Waals surface area contributed by atoms with Gasteiger partial charge in [-0.15, -0.1) is 0 Å². The molecule has 1 aromatic rings. The van der Waals surface area contributed by atoms with Gasteiger partial charge in [0.2, 0.25) is 0 Å². The normalized spacial score (nSPS) is 23.0. The second kappa shape index (κ2) is 5.38. The summed E-state index contributed by atoms with van der Waals surface area (Å²) >= 11 is 0. The van der Waals surface area contributed by atoms with E-state index in [1.165, 1.54) is 24.6 Å². The molecule has 1 aromatic carbocycles. The molecule has 0 aromatic heterocycles. The molecule has 1 fully saturated rings. The second-order valence-corrected chi connectivity index (χ2v) is 5.13. The van der Waals surface area contributed by atoms with Crippen molar-refractivity contribution in [3.05, 3.63) is 29.6 Å². The molecule has 0 spiro atoms. The van der Waals surface area contributed by atoms with Crippen LogP contribution in [0.5, 0.6) is 0 Å². The number of aromatic carboxylic acids is 1. The van der Waals surface area contributed by atoms with Crippen LogP contribution in [0.15, 0.2) is 18.2 Å². The maximum absolute atomic E-state index is 13.6. The molecule has 0 bridgehead atoms. The van der Waals surface area contributed by atoms with Crippen molar-refractivity contribution in [2.45, 2.75) is 26.2 Å². The molecule has 1 aliphatic rings. The van der Waals surface area contributed by atoms with E-state index in [0.717, 1.165) is 18.8 Å². The molecule has 98 valence electrons. The van der Waals surface area contributed by atoms with Crippen molar-refractivity contribution in [3.63, 3.8) is 0 Å². The van der Waals surface area contributed by atoms with E-state index in [-0.39, 0.29) is 11.3 Å². The first-order chi connectivity index (χ1) is 8.58. The van der Waals surface area contributed by atoms with Gasteiger partial charge in [0.1, 0.15) is 5.82 Å². The number of para-hydroxylation sites is 1. The molecular weight excluding hydrogens is 233 g/mol. The lowest BCUT2D eigenvalue weighted by Gasteiger charge is -2.14. The maximum atomic E-state index is 13.6. The molecule has 4 heteroatoms. The smallest absolute Gasteiger partial charge is 0.337 e. The minimum absolute atomic E-state index is 0.000968. The largest absolute Gasteiger partial charge is 0.478 e. The summed E-state index contributed by atoms with van der Waals surface area (Å²) < 4.78 is 13.6. The van der Waals surface area contributed by atoms with Gasteiger partial charge in [0.15, 0.2) is 0 Å². The Bertz CT molecular complexity index is 447. The molecule has 1 aliphatic carbocycles. The van der Waals surface area contributed by atoms with Crippen molar-refractivity contribution < 1.29 is 14.3 Å². The molecule has 18 heavy (non-hydrogen) atoms. The molecule has 1 saturated carbocycles. The number of carboxylic acid groups (broad SMARTS) is 1. The summed E-state index contributed by atoms with van der Waals surface area (Å²) in [6, 6.07) is 4.12. The molecular formula is C14H18FNO2. The third kappa shape index (κ3) is 2.81. The number of carboxylic acids is 1. The van der Waals surface area contributed by atoms with Gasteiger partial charge in [-0.1, -0.05) is 19.4 Å². The Kier molecular flexibility index (Phi) is 3.84. The van der Waals surface area contributed by atoms with Crippen LogP contribution in [0, 0.1) is 17.7 Å². The first-order valence-corrected chi connectivity index (χ1v) is 6.33. The zero-order valence-electron chi connectivity index (χ0n) is 10.4. The lowest BCUT2D eigenvalue weighted by Crippen LogP contribution is -2.15. The number of rotatable bonds is 4. The van der Waals surface area contributed by atoms with Crippen LogP contribution >= 0.6 is 0 Å². The van der Waals surface area contributed by atoms with Crippen molar-refractivity contribution in [3.8, 4) is 0 Å². The summed E-state index contributed by atoms with van der Waals surface area (Å²) in [5.74, 6) is -0.365. The van der Waals surface area contributed by atoms with E-state index in [1.807, 2.05) is 0 Å². The highest BCUT2D eigenvalue weighted by Gasteiger charge is 2.22. The lowest BCUT2D eigenvalue weighted by molar-refractivity contribution is 0.0697. The van der Waals surface area contributed by atoms with Gasteiger partial charge in [0.05, 0.1) is 11.3 Å². The molecule has 0 radical (unpaired) electrons. The van der Waals surface area contributed by atoms with Gasteiger partial charge in [0, 0.05) is 6.54 Å². The number of anilines is 1. The van der Waals surface area contributed by atoms with E-state index in [0.29, 0.717) is 12.5 Å². The van der Waals surface area contributed by atoms with Crippen molar-refractivity contribution >= 4 is 11.7 Å². The number of hydrogen-bond acceptors (Lipinski definition) is 2. The Morgan fingerprint density at radius 2 is 2.28 bits per heavy atom. The van der Waals surface area contributed by atoms with Gasteiger partial charge in [-0.25, -0.2) is 9.18 Å². The second-order valence-electron chi connectivity index (χ2n) is 5.13. The van der Waals surface area contributed by atoms with Crippen LogP contribution in [0.25, 0.3) is 0 Å². The average Bonchev–Trinajstić information content (AvgIpc) is 2.73. The van der Waals surface area contributed by atoms with Crippen LogP contribution in [-0.4, -0.2) is 17.6 Å². The third-order valence-corrected chi connectivity index (χ3v) is 3.61. The number of halogens is 1. The lowest BCUT2D eigenvalue weighted by atomic mass is 10.1. The van der Waals surface area contributed by atoms with Crippen LogP contribution < -0.4 is 5.32 Å². The molecule has 2 unspecified atom stereocenters. The van der Waals surface area contributed by atoms with E-state index in [4.69, 9.17) is 5.11 Å². The molecule has 0 heterocycles. The maximum Gasteiger partial charge on any atom is 0.337 e. The standard InChI is InChI=1S/C14H18FNO2/c1-9-5-6-10(7-9)8-16-13-11(14(17)18)3-2-4-12(13)15/h2-4,9-10,16H,5-8H2,1H3,(H,17,18). The minimum Gasteiger partial charge on any atom is -0.478 e. The summed E-state index contributed by atoms with van der Waals surface area (Å²) in [5, 5.41) is 12.0. The highest BCUT2D eigenvalue weighted by atomic mass is 19.1. The Morgan fingerprint density at radius 3 is 2.89 bits per heavy atom. The molecule has 0 amide bonds. The Hall–Kier alpha value is -1.58. The van der Waals surface area contributed by atoms with E-state index in [9.17, 15) is 9.18 Å². The first kappa shape index (κ1) is 12.9. The molecule has 0 saturated heterocycles. The van der Waals surface area contributed by atoms with Crippen LogP contribution in [0.2, 0.25) is 0 Å². The molecule has 0 aliphatic heterocycles. The van der Waals surface area contributed by atoms with Gasteiger partial charge in [-0.2, -0.15) is 0 Å². The van der Waals surface area contributed by atoms with E-state index in [1.54, 1.807) is 0 Å². The van der Waals surface area contributed by atoms with Gasteiger partial charge < -0.3 is 10.4 Å². The monoisotopic (exact) mass is 251 g/mol. The van der Waals surface area contributed by atoms with E-state index in [2.05, 4.69) is 12.2 Å². The fraction of sp³-hybridized carbons (Fsp3) is 0.500. The predicted molar refractivity (Wildman–Crippen MR) is 68.4 cm³/mol. The number of nitrogens with one attached hydrogen (secondary N) is 1. The van der Waals surface area contributed by atoms with Crippen LogP contribution in [0.1, 0.15) is 36.5 Å².